The van der Waals surface area contributed by atoms with Gasteiger partial charge in [-0.3, -0.25) is 4.79 Å². The Morgan fingerprint density at radius 2 is 1.89 bits per heavy atom. The molecule has 1 atom stereocenters. The Hall–Kier alpha value is -2.41. The van der Waals surface area contributed by atoms with Crippen LogP contribution in [-0.2, 0) is 11.4 Å². The molecule has 28 heavy (non-hydrogen) atoms. The highest BCUT2D eigenvalue weighted by Gasteiger charge is 2.15. The standard InChI is InChI=1S/C21H23N3O2S.ClH/c1-2-8-18(22)20(25)24-21-23-13-19(27-21)17-12-7-6-9-15(17)14-26-16-10-4-3-5-11-16;/h3-7,9-13,18H,2,8,14,22H2,1H3,(H,23,24,25);1H/t18-;/m0./s1. The highest BCUT2D eigenvalue weighted by Crippen LogP contribution is 2.32. The van der Waals surface area contributed by atoms with Crippen molar-refractivity contribution in [3.8, 4) is 16.2 Å². The van der Waals surface area contributed by atoms with Gasteiger partial charge in [-0.15, -0.1) is 12.4 Å². The fraction of sp³-hybridized carbons (Fsp3) is 0.238. The molecule has 3 rings (SSSR count). The fourth-order valence-corrected chi connectivity index (χ4v) is 3.54. The largest absolute Gasteiger partial charge is 0.489 e. The van der Waals surface area contributed by atoms with E-state index in [9.17, 15) is 4.79 Å². The van der Waals surface area contributed by atoms with Crippen molar-refractivity contribution in [3.63, 3.8) is 0 Å². The van der Waals surface area contributed by atoms with Crippen LogP contribution in [0.4, 0.5) is 5.13 Å². The molecule has 0 spiro atoms. The van der Waals surface area contributed by atoms with Gasteiger partial charge in [0.1, 0.15) is 12.4 Å². The van der Waals surface area contributed by atoms with Gasteiger partial charge in [0, 0.05) is 6.20 Å². The average molecular weight is 418 g/mol. The van der Waals surface area contributed by atoms with Crippen molar-refractivity contribution < 1.29 is 9.53 Å². The number of nitrogens with two attached hydrogens (primary N) is 1. The number of nitrogens with one attached hydrogen (secondary N) is 1. The fourth-order valence-electron chi connectivity index (χ4n) is 2.66. The summed E-state index contributed by atoms with van der Waals surface area (Å²) in [5.41, 5.74) is 7.97. The van der Waals surface area contributed by atoms with Crippen LogP contribution in [0.3, 0.4) is 0 Å². The van der Waals surface area contributed by atoms with Crippen LogP contribution in [0, 0.1) is 0 Å². The summed E-state index contributed by atoms with van der Waals surface area (Å²) in [5.74, 6) is 0.632. The van der Waals surface area contributed by atoms with Crippen LogP contribution < -0.4 is 15.8 Å². The molecule has 7 heteroatoms. The summed E-state index contributed by atoms with van der Waals surface area (Å²) in [7, 11) is 0. The first kappa shape index (κ1) is 21.9. The van der Waals surface area contributed by atoms with Crippen LogP contribution >= 0.6 is 23.7 Å². The Labute approximate surface area is 175 Å². The molecular weight excluding hydrogens is 394 g/mol. The number of halogens is 1. The number of carbonyl (C=O) groups is 1. The van der Waals surface area contributed by atoms with E-state index >= 15 is 0 Å². The summed E-state index contributed by atoms with van der Waals surface area (Å²) in [6.07, 6.45) is 3.29. The number of nitrogens with zero attached hydrogens (tertiary/aromatic N) is 1. The molecular formula is C21H24ClN3O2S. The first-order chi connectivity index (χ1) is 13.2. The van der Waals surface area contributed by atoms with Gasteiger partial charge < -0.3 is 15.8 Å². The maximum absolute atomic E-state index is 12.1. The molecule has 5 nitrogen and oxygen atoms in total. The Kier molecular flexibility index (Phi) is 8.44. The number of hydrogen-bond acceptors (Lipinski definition) is 5. The zero-order valence-corrected chi connectivity index (χ0v) is 17.3. The molecule has 0 bridgehead atoms. The molecule has 1 amide bonds. The van der Waals surface area contributed by atoms with Crippen molar-refractivity contribution in [3.05, 3.63) is 66.4 Å². The van der Waals surface area contributed by atoms with Crippen molar-refractivity contribution >= 4 is 34.8 Å². The van der Waals surface area contributed by atoms with Crippen LogP contribution in [-0.4, -0.2) is 16.9 Å². The third kappa shape index (κ3) is 5.79. The van der Waals surface area contributed by atoms with E-state index in [1.54, 1.807) is 6.20 Å². The number of amides is 1. The first-order valence-electron chi connectivity index (χ1n) is 8.95. The summed E-state index contributed by atoms with van der Waals surface area (Å²) in [6.45, 7) is 2.46. The lowest BCUT2D eigenvalue weighted by molar-refractivity contribution is -0.117. The molecule has 0 fully saturated rings. The molecule has 1 heterocycles. The highest BCUT2D eigenvalue weighted by molar-refractivity contribution is 7.19. The van der Waals surface area contributed by atoms with Gasteiger partial charge in [-0.05, 0) is 29.7 Å². The Balaban J connectivity index is 0.00000280. The maximum Gasteiger partial charge on any atom is 0.243 e. The van der Waals surface area contributed by atoms with Crippen LogP contribution in [0.15, 0.2) is 60.8 Å². The van der Waals surface area contributed by atoms with Crippen LogP contribution in [0.5, 0.6) is 5.75 Å². The van der Waals surface area contributed by atoms with Gasteiger partial charge in [-0.1, -0.05) is 67.1 Å². The molecule has 1 aromatic heterocycles. The highest BCUT2D eigenvalue weighted by atomic mass is 35.5. The summed E-state index contributed by atoms with van der Waals surface area (Å²) in [6, 6.07) is 17.3. The van der Waals surface area contributed by atoms with E-state index in [-0.39, 0.29) is 18.3 Å². The number of rotatable bonds is 8. The number of thiazole rings is 1. The van der Waals surface area contributed by atoms with Crippen molar-refractivity contribution in [2.24, 2.45) is 5.73 Å². The number of anilines is 1. The quantitative estimate of drug-likeness (QED) is 0.547. The van der Waals surface area contributed by atoms with Gasteiger partial charge in [0.15, 0.2) is 5.13 Å². The number of ether oxygens (including phenoxy) is 1. The SMILES string of the molecule is CCC[C@H](N)C(=O)Nc1ncc(-c2ccccc2COc2ccccc2)s1.Cl. The normalized spacial score (nSPS) is 11.4. The molecule has 3 aromatic rings. The van der Waals surface area contributed by atoms with Crippen LogP contribution in [0.2, 0.25) is 0 Å². The van der Waals surface area contributed by atoms with E-state index in [2.05, 4.69) is 10.3 Å². The van der Waals surface area contributed by atoms with Gasteiger partial charge in [-0.2, -0.15) is 0 Å². The van der Waals surface area contributed by atoms with Gasteiger partial charge >= 0.3 is 0 Å². The van der Waals surface area contributed by atoms with Gasteiger partial charge in [0.2, 0.25) is 5.91 Å². The number of carbonyl (C=O) groups excluding carboxylic acids is 1. The van der Waals surface area contributed by atoms with Gasteiger partial charge in [0.05, 0.1) is 10.9 Å². The molecule has 0 aliphatic rings. The lowest BCUT2D eigenvalue weighted by atomic mass is 10.1. The number of hydrogen-bond donors (Lipinski definition) is 2. The molecule has 148 valence electrons. The summed E-state index contributed by atoms with van der Waals surface area (Å²) in [5, 5.41) is 3.36. The summed E-state index contributed by atoms with van der Waals surface area (Å²) < 4.78 is 5.88. The minimum absolute atomic E-state index is 0. The minimum Gasteiger partial charge on any atom is -0.489 e. The smallest absolute Gasteiger partial charge is 0.243 e. The topological polar surface area (TPSA) is 77.2 Å². The lowest BCUT2D eigenvalue weighted by Gasteiger charge is -2.10. The zero-order valence-electron chi connectivity index (χ0n) is 15.6. The summed E-state index contributed by atoms with van der Waals surface area (Å²) in [4.78, 5) is 17.4. The van der Waals surface area contributed by atoms with Crippen molar-refractivity contribution in [2.75, 3.05) is 5.32 Å². The van der Waals surface area contributed by atoms with E-state index in [0.29, 0.717) is 18.2 Å². The molecule has 0 saturated heterocycles. The van der Waals surface area contributed by atoms with E-state index in [4.69, 9.17) is 10.5 Å². The number of aromatic nitrogens is 1. The molecule has 0 aliphatic carbocycles. The van der Waals surface area contributed by atoms with Gasteiger partial charge in [0.25, 0.3) is 0 Å². The molecule has 0 unspecified atom stereocenters. The monoisotopic (exact) mass is 417 g/mol. The number of para-hydroxylation sites is 1. The predicted octanol–water partition coefficient (Wildman–Crippen LogP) is 4.88. The third-order valence-corrected chi connectivity index (χ3v) is 5.04. The first-order valence-corrected chi connectivity index (χ1v) is 9.77. The van der Waals surface area contributed by atoms with E-state index in [0.717, 1.165) is 28.2 Å². The second-order valence-corrected chi connectivity index (χ2v) is 7.20. The van der Waals surface area contributed by atoms with Crippen molar-refractivity contribution in [1.29, 1.82) is 0 Å². The Morgan fingerprint density at radius 3 is 2.64 bits per heavy atom. The molecule has 3 N–H and O–H groups in total. The Bertz CT molecular complexity index is 886. The second kappa shape index (κ2) is 10.8. The van der Waals surface area contributed by atoms with Gasteiger partial charge in [-0.25, -0.2) is 4.98 Å². The maximum atomic E-state index is 12.1. The summed E-state index contributed by atoms with van der Waals surface area (Å²) >= 11 is 1.43. The minimum atomic E-state index is -0.506. The molecule has 0 radical (unpaired) electrons. The second-order valence-electron chi connectivity index (χ2n) is 6.17. The zero-order chi connectivity index (χ0) is 19.1. The van der Waals surface area contributed by atoms with E-state index < -0.39 is 6.04 Å². The van der Waals surface area contributed by atoms with Crippen molar-refractivity contribution in [1.82, 2.24) is 4.98 Å². The van der Waals surface area contributed by atoms with E-state index in [1.807, 2.05) is 61.5 Å². The third-order valence-electron chi connectivity index (χ3n) is 4.09. The Morgan fingerprint density at radius 1 is 1.18 bits per heavy atom. The lowest BCUT2D eigenvalue weighted by Crippen LogP contribution is -2.35. The molecule has 0 aliphatic heterocycles. The van der Waals surface area contributed by atoms with E-state index in [1.165, 1.54) is 11.3 Å². The average Bonchev–Trinajstić information content (AvgIpc) is 3.16. The van der Waals surface area contributed by atoms with Crippen LogP contribution in [0.1, 0.15) is 25.3 Å². The van der Waals surface area contributed by atoms with Crippen LogP contribution in [0.25, 0.3) is 10.4 Å². The molecule has 0 saturated carbocycles. The predicted molar refractivity (Wildman–Crippen MR) is 117 cm³/mol. The van der Waals surface area contributed by atoms with Crippen molar-refractivity contribution in [2.45, 2.75) is 32.4 Å². The molecule has 2 aromatic carbocycles. The number of benzene rings is 2.